The summed E-state index contributed by atoms with van der Waals surface area (Å²) >= 11 is 0. The monoisotopic (exact) mass is 371 g/mol. The summed E-state index contributed by atoms with van der Waals surface area (Å²) in [5.74, 6) is -4.41. The van der Waals surface area contributed by atoms with Gasteiger partial charge in [-0.15, -0.1) is 0 Å². The minimum absolute atomic E-state index is 0.0602. The molecule has 1 aromatic carbocycles. The highest BCUT2D eigenvalue weighted by Gasteiger charge is 2.52. The molecule has 1 aliphatic rings. The highest BCUT2D eigenvalue weighted by Crippen LogP contribution is 2.38. The van der Waals surface area contributed by atoms with Crippen molar-refractivity contribution in [3.05, 3.63) is 47.5 Å². The summed E-state index contributed by atoms with van der Waals surface area (Å²) in [6.45, 7) is 1.08. The molecule has 1 fully saturated rings. The van der Waals surface area contributed by atoms with Gasteiger partial charge >= 0.3 is 12.1 Å². The Balaban J connectivity index is 1.76. The van der Waals surface area contributed by atoms with E-state index in [0.717, 1.165) is 0 Å². The van der Waals surface area contributed by atoms with Crippen LogP contribution in [-0.4, -0.2) is 35.2 Å². The number of nitrogens with zero attached hydrogens (tertiary/aromatic N) is 1. The Hall–Kier alpha value is -2.35. The molecule has 2 atom stereocenters. The van der Waals surface area contributed by atoms with Crippen LogP contribution in [0.5, 0.6) is 0 Å². The van der Waals surface area contributed by atoms with Crippen LogP contribution in [0.3, 0.4) is 0 Å². The Labute approximate surface area is 147 Å². The highest BCUT2D eigenvalue weighted by atomic mass is 19.4. The molecule has 26 heavy (non-hydrogen) atoms. The Bertz CT molecular complexity index is 815. The van der Waals surface area contributed by atoms with Gasteiger partial charge in [-0.1, -0.05) is 12.1 Å². The zero-order valence-electron chi connectivity index (χ0n) is 13.9. The van der Waals surface area contributed by atoms with E-state index in [-0.39, 0.29) is 18.9 Å². The van der Waals surface area contributed by atoms with E-state index in [1.807, 2.05) is 0 Å². The molecule has 1 N–H and O–H groups in total. The lowest BCUT2D eigenvalue weighted by Crippen LogP contribution is -2.33. The predicted octanol–water partition coefficient (Wildman–Crippen LogP) is 4.09. The average molecular weight is 371 g/mol. The summed E-state index contributed by atoms with van der Waals surface area (Å²) in [5.41, 5.74) is 0.979. The smallest absolute Gasteiger partial charge is 0.393 e. The van der Waals surface area contributed by atoms with Gasteiger partial charge in [-0.2, -0.15) is 13.2 Å². The first-order chi connectivity index (χ1) is 12.2. The van der Waals surface area contributed by atoms with Gasteiger partial charge in [0, 0.05) is 18.7 Å². The zero-order chi connectivity index (χ0) is 19.1. The Kier molecular flexibility index (Phi) is 4.79. The molecule has 1 saturated heterocycles. The molecule has 8 heteroatoms. The molecule has 140 valence electrons. The van der Waals surface area contributed by atoms with Crippen LogP contribution >= 0.6 is 0 Å². The van der Waals surface area contributed by atoms with E-state index < -0.39 is 30.5 Å². The summed E-state index contributed by atoms with van der Waals surface area (Å²) in [6.07, 6.45) is -4.56. The van der Waals surface area contributed by atoms with Crippen molar-refractivity contribution in [3.63, 3.8) is 0 Å². The molecule has 0 unspecified atom stereocenters. The molecule has 0 saturated carbocycles. The maximum atomic E-state index is 13.7. The molecular formula is C18H17F4NO3. The number of carboxylic acids is 1. The van der Waals surface area contributed by atoms with E-state index in [2.05, 4.69) is 0 Å². The van der Waals surface area contributed by atoms with Crippen LogP contribution in [0, 0.1) is 24.6 Å². The van der Waals surface area contributed by atoms with E-state index in [0.29, 0.717) is 22.6 Å². The summed E-state index contributed by atoms with van der Waals surface area (Å²) in [5, 5.41) is 9.05. The lowest BCUT2D eigenvalue weighted by Gasteiger charge is -2.18. The van der Waals surface area contributed by atoms with Crippen molar-refractivity contribution in [1.29, 1.82) is 0 Å². The number of likely N-dealkylation sites (tertiary alicyclic amines) is 1. The summed E-state index contributed by atoms with van der Waals surface area (Å²) in [6, 6.07) is 7.80. The molecule has 2 aromatic rings. The zero-order valence-corrected chi connectivity index (χ0v) is 13.9. The van der Waals surface area contributed by atoms with Gasteiger partial charge in [-0.3, -0.25) is 9.69 Å². The highest BCUT2D eigenvalue weighted by molar-refractivity contribution is 5.71. The van der Waals surface area contributed by atoms with E-state index >= 15 is 0 Å². The second-order valence-corrected chi connectivity index (χ2v) is 6.47. The maximum absolute atomic E-state index is 13.7. The lowest BCUT2D eigenvalue weighted by molar-refractivity contribution is -0.188. The fourth-order valence-electron chi connectivity index (χ4n) is 3.30. The van der Waals surface area contributed by atoms with Crippen LogP contribution in [-0.2, 0) is 11.3 Å². The number of hydrogen-bond acceptors (Lipinski definition) is 3. The number of halogens is 4. The first-order valence-electron chi connectivity index (χ1n) is 8.03. The Morgan fingerprint density at radius 3 is 2.62 bits per heavy atom. The fraction of sp³-hybridized carbons (Fsp3) is 0.389. The Morgan fingerprint density at radius 1 is 1.27 bits per heavy atom. The second kappa shape index (κ2) is 6.75. The SMILES string of the molecule is Cc1c(F)cccc1-c1ccc(CN2C[C@@H](C(F)(F)F)[C@H](C(=O)O)C2)o1. The average Bonchev–Trinajstić information content (AvgIpc) is 3.17. The normalized spacial score (nSPS) is 21.3. The van der Waals surface area contributed by atoms with Crippen LogP contribution in [0.4, 0.5) is 17.6 Å². The van der Waals surface area contributed by atoms with Crippen molar-refractivity contribution in [2.75, 3.05) is 13.1 Å². The molecule has 3 rings (SSSR count). The van der Waals surface area contributed by atoms with Gasteiger partial charge < -0.3 is 9.52 Å². The summed E-state index contributed by atoms with van der Waals surface area (Å²) in [4.78, 5) is 12.5. The second-order valence-electron chi connectivity index (χ2n) is 6.47. The van der Waals surface area contributed by atoms with Crippen LogP contribution in [0.1, 0.15) is 11.3 Å². The maximum Gasteiger partial charge on any atom is 0.393 e. The lowest BCUT2D eigenvalue weighted by atomic mass is 9.96. The van der Waals surface area contributed by atoms with Gasteiger partial charge in [-0.25, -0.2) is 4.39 Å². The van der Waals surface area contributed by atoms with Crippen molar-refractivity contribution in [2.45, 2.75) is 19.6 Å². The number of furan rings is 1. The third-order valence-corrected chi connectivity index (χ3v) is 4.71. The topological polar surface area (TPSA) is 53.7 Å². The first kappa shape index (κ1) is 18.4. The molecule has 0 radical (unpaired) electrons. The van der Waals surface area contributed by atoms with Gasteiger partial charge in [0.15, 0.2) is 0 Å². The van der Waals surface area contributed by atoms with Crippen molar-refractivity contribution in [1.82, 2.24) is 4.90 Å². The van der Waals surface area contributed by atoms with Gasteiger partial charge in [0.2, 0.25) is 0 Å². The van der Waals surface area contributed by atoms with Gasteiger partial charge in [-0.05, 0) is 30.7 Å². The molecule has 0 amide bonds. The number of carboxylic acid groups (broad SMARTS) is 1. The standard InChI is InChI=1S/C18H17F4NO3/c1-10-12(3-2-4-15(10)19)16-6-5-11(26-16)7-23-8-13(17(24)25)14(9-23)18(20,21)22/h2-6,13-14H,7-9H2,1H3,(H,24,25)/t13-,14-/m1/s1. The Morgan fingerprint density at radius 2 is 2.00 bits per heavy atom. The van der Waals surface area contributed by atoms with Crippen LogP contribution in [0.2, 0.25) is 0 Å². The van der Waals surface area contributed by atoms with Gasteiger partial charge in [0.1, 0.15) is 17.3 Å². The molecule has 2 heterocycles. The summed E-state index contributed by atoms with van der Waals surface area (Å²) in [7, 11) is 0. The van der Waals surface area contributed by atoms with Crippen LogP contribution in [0.15, 0.2) is 34.7 Å². The van der Waals surface area contributed by atoms with E-state index in [1.165, 1.54) is 11.0 Å². The molecule has 1 aliphatic heterocycles. The van der Waals surface area contributed by atoms with Crippen molar-refractivity contribution in [3.8, 4) is 11.3 Å². The molecule has 4 nitrogen and oxygen atoms in total. The fourth-order valence-corrected chi connectivity index (χ4v) is 3.30. The molecule has 1 aromatic heterocycles. The first-order valence-corrected chi connectivity index (χ1v) is 8.03. The third-order valence-electron chi connectivity index (χ3n) is 4.71. The number of hydrogen-bond donors (Lipinski definition) is 1. The van der Waals surface area contributed by atoms with Crippen molar-refractivity contribution < 1.29 is 31.9 Å². The van der Waals surface area contributed by atoms with Crippen molar-refractivity contribution >= 4 is 5.97 Å². The van der Waals surface area contributed by atoms with E-state index in [1.54, 1.807) is 31.2 Å². The van der Waals surface area contributed by atoms with E-state index in [9.17, 15) is 22.4 Å². The minimum atomic E-state index is -4.56. The van der Waals surface area contributed by atoms with Crippen LogP contribution in [0.25, 0.3) is 11.3 Å². The number of benzene rings is 1. The number of aliphatic carboxylic acids is 1. The van der Waals surface area contributed by atoms with Gasteiger partial charge in [0.25, 0.3) is 0 Å². The molecule has 0 bridgehead atoms. The summed E-state index contributed by atoms with van der Waals surface area (Å²) < 4.78 is 58.4. The predicted molar refractivity (Wildman–Crippen MR) is 84.8 cm³/mol. The van der Waals surface area contributed by atoms with E-state index in [4.69, 9.17) is 9.52 Å². The third kappa shape index (κ3) is 3.60. The number of rotatable bonds is 4. The van der Waals surface area contributed by atoms with Gasteiger partial charge in [0.05, 0.1) is 18.4 Å². The quantitative estimate of drug-likeness (QED) is 0.823. The molecular weight excluding hydrogens is 354 g/mol. The minimum Gasteiger partial charge on any atom is -0.481 e. The molecule has 0 aliphatic carbocycles. The number of carbonyl (C=O) groups is 1. The van der Waals surface area contributed by atoms with Crippen LogP contribution < -0.4 is 0 Å². The van der Waals surface area contributed by atoms with Crippen molar-refractivity contribution in [2.24, 2.45) is 11.8 Å². The number of alkyl halides is 3. The molecule has 0 spiro atoms. The largest absolute Gasteiger partial charge is 0.481 e.